The monoisotopic (exact) mass is 196 g/mol. The van der Waals surface area contributed by atoms with Crippen LogP contribution in [0.15, 0.2) is 18.7 Å². The van der Waals surface area contributed by atoms with Crippen LogP contribution in [0.25, 0.3) is 0 Å². The molecule has 0 saturated heterocycles. The summed E-state index contributed by atoms with van der Waals surface area (Å²) in [5, 5.41) is 7.42. The van der Waals surface area contributed by atoms with Gasteiger partial charge in [0.2, 0.25) is 6.33 Å². The van der Waals surface area contributed by atoms with Gasteiger partial charge >= 0.3 is 0 Å². The first-order valence-corrected chi connectivity index (χ1v) is 4.93. The van der Waals surface area contributed by atoms with E-state index < -0.39 is 0 Å². The quantitative estimate of drug-likeness (QED) is 0.428. The predicted octanol–water partition coefficient (Wildman–Crippen LogP) is 1.11. The minimum Gasteiger partial charge on any atom is -0.481 e. The number of imidazole rings is 1. The molecule has 4 heteroatoms. The maximum absolute atomic E-state index is 7.42. The molecule has 1 aromatic heterocycles. The van der Waals surface area contributed by atoms with E-state index in [-0.39, 0.29) is 0 Å². The van der Waals surface area contributed by atoms with E-state index in [1.54, 1.807) is 0 Å². The van der Waals surface area contributed by atoms with Crippen LogP contribution in [-0.2, 0) is 18.3 Å². The van der Waals surface area contributed by atoms with Crippen LogP contribution < -0.4 is 4.57 Å². The molecule has 1 rings (SSSR count). The van der Waals surface area contributed by atoms with Crippen LogP contribution in [0.4, 0.5) is 0 Å². The minimum absolute atomic E-state index is 0.393. The first-order valence-electron chi connectivity index (χ1n) is 4.93. The molecule has 0 aromatic carbocycles. The topological polar surface area (TPSA) is 41.9 Å². The Hall–Kier alpha value is -1.32. The fourth-order valence-corrected chi connectivity index (χ4v) is 1.30. The Balaban J connectivity index is 2.18. The third-order valence-corrected chi connectivity index (χ3v) is 1.96. The lowest BCUT2D eigenvalue weighted by Gasteiger charge is -2.02. The van der Waals surface area contributed by atoms with Crippen LogP contribution in [0.3, 0.4) is 0 Å². The van der Waals surface area contributed by atoms with Crippen LogP contribution in [-0.4, -0.2) is 17.1 Å². The van der Waals surface area contributed by atoms with E-state index in [0.29, 0.717) is 12.5 Å². The highest BCUT2D eigenvalue weighted by Crippen LogP contribution is 1.96. The maximum Gasteiger partial charge on any atom is 0.243 e. The molecular formula is C10H18N3O+. The van der Waals surface area contributed by atoms with E-state index in [9.17, 15) is 0 Å². The van der Waals surface area contributed by atoms with Gasteiger partial charge in [0.25, 0.3) is 0 Å². The average Bonchev–Trinajstić information content (AvgIpc) is 2.52. The number of nitrogens with zero attached hydrogens (tertiary/aromatic N) is 2. The van der Waals surface area contributed by atoms with Gasteiger partial charge in [-0.3, -0.25) is 5.41 Å². The summed E-state index contributed by atoms with van der Waals surface area (Å²) in [5.74, 6) is 0.393. The highest BCUT2D eigenvalue weighted by molar-refractivity contribution is 5.72. The molecule has 0 radical (unpaired) electrons. The van der Waals surface area contributed by atoms with Gasteiger partial charge in [-0.25, -0.2) is 9.13 Å². The second-order valence-electron chi connectivity index (χ2n) is 3.28. The summed E-state index contributed by atoms with van der Waals surface area (Å²) < 4.78 is 9.17. The van der Waals surface area contributed by atoms with E-state index >= 15 is 0 Å². The zero-order valence-electron chi connectivity index (χ0n) is 8.86. The van der Waals surface area contributed by atoms with Gasteiger partial charge in [0.1, 0.15) is 12.4 Å². The summed E-state index contributed by atoms with van der Waals surface area (Å²) in [6, 6.07) is 0. The maximum atomic E-state index is 7.42. The second kappa shape index (κ2) is 5.42. The Morgan fingerprint density at radius 1 is 1.57 bits per heavy atom. The Morgan fingerprint density at radius 3 is 2.93 bits per heavy atom. The zero-order valence-corrected chi connectivity index (χ0v) is 8.86. The van der Waals surface area contributed by atoms with E-state index in [1.807, 2.05) is 37.3 Å². The van der Waals surface area contributed by atoms with Crippen LogP contribution >= 0.6 is 0 Å². The van der Waals surface area contributed by atoms with Gasteiger partial charge in [-0.05, 0) is 13.3 Å². The van der Waals surface area contributed by atoms with Crippen LogP contribution in [0.1, 0.15) is 19.8 Å². The van der Waals surface area contributed by atoms with Gasteiger partial charge < -0.3 is 4.74 Å². The number of rotatable bonds is 5. The molecule has 0 aliphatic heterocycles. The van der Waals surface area contributed by atoms with Crippen LogP contribution in [0.5, 0.6) is 0 Å². The molecule has 0 saturated carbocycles. The molecule has 0 bridgehead atoms. The van der Waals surface area contributed by atoms with Crippen molar-refractivity contribution >= 4 is 5.90 Å². The fourth-order valence-electron chi connectivity index (χ4n) is 1.30. The Kier molecular flexibility index (Phi) is 4.16. The summed E-state index contributed by atoms with van der Waals surface area (Å²) >= 11 is 0. The van der Waals surface area contributed by atoms with Crippen molar-refractivity contribution in [1.82, 2.24) is 4.57 Å². The van der Waals surface area contributed by atoms with Crippen LogP contribution in [0, 0.1) is 5.41 Å². The largest absolute Gasteiger partial charge is 0.481 e. The molecular weight excluding hydrogens is 178 g/mol. The molecule has 4 nitrogen and oxygen atoms in total. The molecule has 0 aliphatic rings. The van der Waals surface area contributed by atoms with Crippen molar-refractivity contribution in [1.29, 1.82) is 5.41 Å². The van der Waals surface area contributed by atoms with Gasteiger partial charge in [-0.15, -0.1) is 0 Å². The second-order valence-corrected chi connectivity index (χ2v) is 3.28. The average molecular weight is 196 g/mol. The predicted molar refractivity (Wildman–Crippen MR) is 54.2 cm³/mol. The summed E-state index contributed by atoms with van der Waals surface area (Å²) in [6.07, 6.45) is 7.74. The molecule has 0 spiro atoms. The molecule has 1 heterocycles. The van der Waals surface area contributed by atoms with Crippen molar-refractivity contribution in [2.45, 2.75) is 26.3 Å². The van der Waals surface area contributed by atoms with Crippen molar-refractivity contribution in [2.75, 3.05) is 6.61 Å². The van der Waals surface area contributed by atoms with Gasteiger partial charge in [0, 0.05) is 6.42 Å². The summed E-state index contributed by atoms with van der Waals surface area (Å²) in [7, 11) is 2.00. The van der Waals surface area contributed by atoms with Gasteiger partial charge in [0.05, 0.1) is 20.2 Å². The number of nitrogens with one attached hydrogen (secondary N) is 1. The fraction of sp³-hybridized carbons (Fsp3) is 0.600. The molecule has 1 aromatic rings. The smallest absolute Gasteiger partial charge is 0.243 e. The molecule has 0 fully saturated rings. The lowest BCUT2D eigenvalue weighted by atomic mass is 10.3. The first kappa shape index (κ1) is 10.8. The highest BCUT2D eigenvalue weighted by Gasteiger charge is 2.01. The normalized spacial score (nSPS) is 10.1. The highest BCUT2D eigenvalue weighted by atomic mass is 16.5. The lowest BCUT2D eigenvalue weighted by molar-refractivity contribution is -0.671. The number of hydrogen-bond acceptors (Lipinski definition) is 2. The molecule has 0 atom stereocenters. The third-order valence-electron chi connectivity index (χ3n) is 1.96. The Morgan fingerprint density at radius 2 is 2.36 bits per heavy atom. The van der Waals surface area contributed by atoms with Crippen molar-refractivity contribution < 1.29 is 9.30 Å². The van der Waals surface area contributed by atoms with E-state index in [2.05, 4.69) is 4.57 Å². The van der Waals surface area contributed by atoms with Crippen molar-refractivity contribution in [3.63, 3.8) is 0 Å². The van der Waals surface area contributed by atoms with Gasteiger partial charge in [-0.1, -0.05) is 0 Å². The Labute approximate surface area is 84.6 Å². The van der Waals surface area contributed by atoms with E-state index in [4.69, 9.17) is 10.1 Å². The summed E-state index contributed by atoms with van der Waals surface area (Å²) in [5.41, 5.74) is 0. The Bertz CT molecular complexity index is 293. The van der Waals surface area contributed by atoms with Crippen molar-refractivity contribution in [3.05, 3.63) is 18.7 Å². The van der Waals surface area contributed by atoms with Gasteiger partial charge in [0.15, 0.2) is 5.90 Å². The van der Waals surface area contributed by atoms with Crippen LogP contribution in [0.2, 0.25) is 0 Å². The number of hydrogen-bond donors (Lipinski definition) is 1. The molecule has 1 N–H and O–H groups in total. The SMILES string of the molecule is CCOC(=N)CCCn1cc[n+](C)c1. The third kappa shape index (κ3) is 3.60. The number of ether oxygens (including phenoxy) is 1. The van der Waals surface area contributed by atoms with E-state index in [0.717, 1.165) is 19.4 Å². The van der Waals surface area contributed by atoms with E-state index in [1.165, 1.54) is 0 Å². The minimum atomic E-state index is 0.393. The van der Waals surface area contributed by atoms with Crippen molar-refractivity contribution in [2.24, 2.45) is 7.05 Å². The molecule has 14 heavy (non-hydrogen) atoms. The standard InChI is InChI=1S/C10H18N3O/c1-3-14-10(11)5-4-6-13-8-7-12(2)9-13/h7-9,11H,3-6H2,1-2H3/q+1. The zero-order chi connectivity index (χ0) is 10.4. The molecule has 0 aliphatic carbocycles. The van der Waals surface area contributed by atoms with Gasteiger partial charge in [-0.2, -0.15) is 0 Å². The number of aromatic nitrogens is 2. The molecule has 0 amide bonds. The first-order chi connectivity index (χ1) is 6.72. The summed E-state index contributed by atoms with van der Waals surface area (Å²) in [6.45, 7) is 3.44. The van der Waals surface area contributed by atoms with Crippen molar-refractivity contribution in [3.8, 4) is 0 Å². The molecule has 0 unspecified atom stereocenters. The molecule has 78 valence electrons. The number of aryl methyl sites for hydroxylation is 2. The lowest BCUT2D eigenvalue weighted by Crippen LogP contribution is -2.23. The summed E-state index contributed by atoms with van der Waals surface area (Å²) in [4.78, 5) is 0.